The average molecular weight is 434 g/mol. The van der Waals surface area contributed by atoms with E-state index in [1.807, 2.05) is 49.4 Å². The summed E-state index contributed by atoms with van der Waals surface area (Å²) in [6.07, 6.45) is 1.63. The summed E-state index contributed by atoms with van der Waals surface area (Å²) in [6.45, 7) is 3.71. The standard InChI is InChI=1S/C25H20ClNO4/c1-15-7-9-19(10-8-15)27-16(2)23(25(29)30-3)24(28)21(27)14-20-11-12-22(31-20)17-5-4-6-18(26)13-17/h4-14H,1-3H3. The summed E-state index contributed by atoms with van der Waals surface area (Å²) >= 11 is 6.08. The molecule has 0 atom stereocenters. The molecule has 0 radical (unpaired) electrons. The Labute approximate surface area is 185 Å². The maximum Gasteiger partial charge on any atom is 0.343 e. The lowest BCUT2D eigenvalue weighted by atomic mass is 10.1. The van der Waals surface area contributed by atoms with Gasteiger partial charge in [-0.2, -0.15) is 0 Å². The number of halogens is 1. The number of nitrogens with zero attached hydrogens (tertiary/aromatic N) is 1. The van der Waals surface area contributed by atoms with Crippen molar-refractivity contribution >= 4 is 35.1 Å². The van der Waals surface area contributed by atoms with Crippen molar-refractivity contribution < 1.29 is 18.7 Å². The molecule has 1 aliphatic heterocycles. The van der Waals surface area contributed by atoms with Crippen LogP contribution in [0.25, 0.3) is 17.4 Å². The van der Waals surface area contributed by atoms with E-state index in [9.17, 15) is 9.59 Å². The fourth-order valence-corrected chi connectivity index (χ4v) is 3.74. The van der Waals surface area contributed by atoms with Gasteiger partial charge in [0.2, 0.25) is 5.78 Å². The molecular weight excluding hydrogens is 414 g/mol. The van der Waals surface area contributed by atoms with Gasteiger partial charge < -0.3 is 14.1 Å². The number of furan rings is 1. The number of hydrogen-bond acceptors (Lipinski definition) is 5. The van der Waals surface area contributed by atoms with Crippen LogP contribution < -0.4 is 4.90 Å². The zero-order valence-corrected chi connectivity index (χ0v) is 18.1. The van der Waals surface area contributed by atoms with E-state index in [4.69, 9.17) is 20.8 Å². The number of allylic oxidation sites excluding steroid dienone is 2. The van der Waals surface area contributed by atoms with E-state index in [1.54, 1.807) is 36.1 Å². The van der Waals surface area contributed by atoms with Crippen LogP contribution in [0.1, 0.15) is 18.2 Å². The van der Waals surface area contributed by atoms with E-state index >= 15 is 0 Å². The Morgan fingerprint density at radius 1 is 1.06 bits per heavy atom. The second kappa shape index (κ2) is 8.28. The van der Waals surface area contributed by atoms with E-state index in [2.05, 4.69) is 0 Å². The lowest BCUT2D eigenvalue weighted by Gasteiger charge is -2.21. The Kier molecular flexibility index (Phi) is 5.53. The topological polar surface area (TPSA) is 59.8 Å². The summed E-state index contributed by atoms with van der Waals surface area (Å²) < 4.78 is 10.8. The minimum Gasteiger partial charge on any atom is -0.465 e. The number of rotatable bonds is 4. The van der Waals surface area contributed by atoms with Gasteiger partial charge in [0.05, 0.1) is 12.8 Å². The highest BCUT2D eigenvalue weighted by molar-refractivity contribution is 6.31. The van der Waals surface area contributed by atoms with Crippen molar-refractivity contribution in [3.63, 3.8) is 0 Å². The number of hydrogen-bond donors (Lipinski definition) is 0. The van der Waals surface area contributed by atoms with E-state index in [1.165, 1.54) is 7.11 Å². The van der Waals surface area contributed by atoms with Crippen LogP contribution in [0.3, 0.4) is 0 Å². The molecule has 156 valence electrons. The van der Waals surface area contributed by atoms with Gasteiger partial charge in [0, 0.05) is 28.0 Å². The molecule has 3 aromatic rings. The molecule has 1 aliphatic rings. The second-order valence-electron chi connectivity index (χ2n) is 7.19. The van der Waals surface area contributed by atoms with Crippen molar-refractivity contribution in [2.75, 3.05) is 12.0 Å². The molecule has 0 bridgehead atoms. The first kappa shape index (κ1) is 20.7. The Morgan fingerprint density at radius 2 is 1.81 bits per heavy atom. The van der Waals surface area contributed by atoms with Crippen molar-refractivity contribution in [2.45, 2.75) is 13.8 Å². The Morgan fingerprint density at radius 3 is 2.48 bits per heavy atom. The van der Waals surface area contributed by atoms with Crippen LogP contribution >= 0.6 is 11.6 Å². The summed E-state index contributed by atoms with van der Waals surface area (Å²) in [6, 6.07) is 18.6. The number of carbonyl (C=O) groups excluding carboxylic acids is 2. The van der Waals surface area contributed by atoms with Gasteiger partial charge in [-0.3, -0.25) is 4.79 Å². The first-order chi connectivity index (χ1) is 14.9. The maximum absolute atomic E-state index is 13.2. The quantitative estimate of drug-likeness (QED) is 0.296. The number of esters is 1. The number of ketones is 1. The molecule has 2 aromatic carbocycles. The lowest BCUT2D eigenvalue weighted by molar-refractivity contribution is -0.137. The third kappa shape index (κ3) is 3.92. The summed E-state index contributed by atoms with van der Waals surface area (Å²) in [4.78, 5) is 27.2. The zero-order chi connectivity index (χ0) is 22.1. The van der Waals surface area contributed by atoms with Gasteiger partial charge in [-0.15, -0.1) is 0 Å². The van der Waals surface area contributed by atoms with Gasteiger partial charge >= 0.3 is 5.97 Å². The van der Waals surface area contributed by atoms with Crippen LogP contribution in [0.15, 0.2) is 82.0 Å². The number of benzene rings is 2. The minimum atomic E-state index is -0.665. The minimum absolute atomic E-state index is 0.0101. The van der Waals surface area contributed by atoms with E-state index < -0.39 is 11.8 Å². The van der Waals surface area contributed by atoms with Gasteiger partial charge in [-0.1, -0.05) is 41.4 Å². The van der Waals surface area contributed by atoms with Gasteiger partial charge in [0.15, 0.2) is 0 Å². The van der Waals surface area contributed by atoms with Crippen molar-refractivity contribution in [3.05, 3.63) is 94.0 Å². The fraction of sp³-hybridized carbons (Fsp3) is 0.120. The third-order valence-corrected chi connectivity index (χ3v) is 5.33. The van der Waals surface area contributed by atoms with E-state index in [0.29, 0.717) is 27.9 Å². The fourth-order valence-electron chi connectivity index (χ4n) is 3.55. The van der Waals surface area contributed by atoms with Crippen LogP contribution in [-0.4, -0.2) is 18.9 Å². The largest absolute Gasteiger partial charge is 0.465 e. The average Bonchev–Trinajstić information content (AvgIpc) is 3.32. The number of carbonyl (C=O) groups is 2. The second-order valence-corrected chi connectivity index (χ2v) is 7.63. The molecule has 0 N–H and O–H groups in total. The highest BCUT2D eigenvalue weighted by Gasteiger charge is 2.38. The van der Waals surface area contributed by atoms with Gasteiger partial charge in [0.25, 0.3) is 0 Å². The molecule has 0 amide bonds. The Balaban J connectivity index is 1.78. The number of ether oxygens (including phenoxy) is 1. The first-order valence-corrected chi connectivity index (χ1v) is 10.0. The maximum atomic E-state index is 13.2. The van der Waals surface area contributed by atoms with Crippen LogP contribution in [0.2, 0.25) is 5.02 Å². The SMILES string of the molecule is COC(=O)C1=C(C)N(c2ccc(C)cc2)C(=Cc2ccc(-c3cccc(Cl)c3)o2)C1=O. The van der Waals surface area contributed by atoms with Gasteiger partial charge in [0.1, 0.15) is 17.1 Å². The van der Waals surface area contributed by atoms with Crippen LogP contribution in [0.5, 0.6) is 0 Å². The van der Waals surface area contributed by atoms with Gasteiger partial charge in [-0.25, -0.2) is 4.79 Å². The van der Waals surface area contributed by atoms with Crippen molar-refractivity contribution in [3.8, 4) is 11.3 Å². The summed E-state index contributed by atoms with van der Waals surface area (Å²) in [5.74, 6) is 0.0293. The molecule has 0 spiro atoms. The number of methoxy groups -OCH3 is 1. The number of anilines is 1. The van der Waals surface area contributed by atoms with E-state index in [0.717, 1.165) is 16.8 Å². The summed E-state index contributed by atoms with van der Waals surface area (Å²) in [5, 5.41) is 0.605. The van der Waals surface area contributed by atoms with Crippen molar-refractivity contribution in [1.82, 2.24) is 0 Å². The normalized spacial score (nSPS) is 15.2. The molecule has 4 rings (SSSR count). The van der Waals surface area contributed by atoms with E-state index in [-0.39, 0.29) is 5.57 Å². The van der Waals surface area contributed by atoms with Crippen molar-refractivity contribution in [1.29, 1.82) is 0 Å². The number of aryl methyl sites for hydroxylation is 1. The highest BCUT2D eigenvalue weighted by atomic mass is 35.5. The first-order valence-electron chi connectivity index (χ1n) is 9.67. The lowest BCUT2D eigenvalue weighted by Crippen LogP contribution is -2.18. The predicted molar refractivity (Wildman–Crippen MR) is 121 cm³/mol. The number of Topliss-reactive ketones (excluding diaryl/α,β-unsaturated/α-hetero) is 1. The smallest absolute Gasteiger partial charge is 0.343 e. The van der Waals surface area contributed by atoms with Crippen LogP contribution in [-0.2, 0) is 14.3 Å². The zero-order valence-electron chi connectivity index (χ0n) is 17.3. The molecule has 0 unspecified atom stereocenters. The monoisotopic (exact) mass is 433 g/mol. The van der Waals surface area contributed by atoms with Crippen molar-refractivity contribution in [2.24, 2.45) is 0 Å². The molecule has 5 nitrogen and oxygen atoms in total. The summed E-state index contributed by atoms with van der Waals surface area (Å²) in [5.41, 5.74) is 3.52. The molecular formula is C25H20ClNO4. The summed E-state index contributed by atoms with van der Waals surface area (Å²) in [7, 11) is 1.26. The molecule has 2 heterocycles. The molecule has 0 fully saturated rings. The molecule has 0 aliphatic carbocycles. The molecule has 6 heteroatoms. The molecule has 31 heavy (non-hydrogen) atoms. The predicted octanol–water partition coefficient (Wildman–Crippen LogP) is 5.79. The van der Waals surface area contributed by atoms with Gasteiger partial charge in [-0.05, 0) is 50.2 Å². The molecule has 1 aromatic heterocycles. The molecule has 0 saturated carbocycles. The third-order valence-electron chi connectivity index (χ3n) is 5.09. The highest BCUT2D eigenvalue weighted by Crippen LogP contribution is 2.36. The molecule has 0 saturated heterocycles. The Bertz CT molecular complexity index is 1230. The van der Waals surface area contributed by atoms with Crippen LogP contribution in [0, 0.1) is 6.92 Å². The Hall–Kier alpha value is -3.57. The van der Waals surface area contributed by atoms with Crippen LogP contribution in [0.4, 0.5) is 5.69 Å².